The lowest BCUT2D eigenvalue weighted by Gasteiger charge is -1.99. The van der Waals surface area contributed by atoms with Crippen LogP contribution in [0.5, 0.6) is 5.75 Å². The third-order valence-corrected chi connectivity index (χ3v) is 2.86. The van der Waals surface area contributed by atoms with Gasteiger partial charge in [0.15, 0.2) is 0 Å². The topological polar surface area (TPSA) is 58.6 Å². The quantitative estimate of drug-likeness (QED) is 0.441. The average Bonchev–Trinajstić information content (AvgIpc) is 2.61. The van der Waals surface area contributed by atoms with Crippen LogP contribution in [0.1, 0.15) is 11.1 Å². The van der Waals surface area contributed by atoms with Crippen LogP contribution in [0.2, 0.25) is 0 Å². The summed E-state index contributed by atoms with van der Waals surface area (Å²) in [5, 5.41) is 13.3. The van der Waals surface area contributed by atoms with Crippen LogP contribution < -0.4 is 5.84 Å². The predicted molar refractivity (Wildman–Crippen MR) is 63.4 cm³/mol. The number of nitrogens with zero attached hydrogens (tertiary/aromatic N) is 1. The molecule has 3 N–H and O–H groups in total. The number of hydrogen-bond acceptors (Lipinski definition) is 3. The normalized spacial score (nSPS) is 14.9. The van der Waals surface area contributed by atoms with Gasteiger partial charge in [0, 0.05) is 11.1 Å². The van der Waals surface area contributed by atoms with E-state index in [1.807, 2.05) is 30.3 Å². The average molecular weight is 210 g/mol. The maximum absolute atomic E-state index is 9.49. The minimum Gasteiger partial charge on any atom is -0.508 e. The molecule has 0 aromatic heterocycles. The standard InChI is InChI=1S/C13H10N2O/c14-15-13-11-4-2-1-3-9(11)10-6-5-8(16)7-12(10)13/h1-7,16H,14H2/b15-13+. The Hall–Kier alpha value is -2.29. The summed E-state index contributed by atoms with van der Waals surface area (Å²) in [5.41, 5.74) is 4.83. The van der Waals surface area contributed by atoms with E-state index in [-0.39, 0.29) is 5.75 Å². The monoisotopic (exact) mass is 210 g/mol. The Morgan fingerprint density at radius 3 is 2.31 bits per heavy atom. The molecule has 0 amide bonds. The first-order chi connectivity index (χ1) is 7.81. The van der Waals surface area contributed by atoms with E-state index in [0.29, 0.717) is 0 Å². The smallest absolute Gasteiger partial charge is 0.116 e. The molecule has 2 aromatic rings. The van der Waals surface area contributed by atoms with Gasteiger partial charge in [0.2, 0.25) is 0 Å². The zero-order valence-electron chi connectivity index (χ0n) is 8.51. The van der Waals surface area contributed by atoms with Gasteiger partial charge in [-0.2, -0.15) is 5.10 Å². The largest absolute Gasteiger partial charge is 0.508 e. The van der Waals surface area contributed by atoms with E-state index >= 15 is 0 Å². The van der Waals surface area contributed by atoms with E-state index in [4.69, 9.17) is 5.84 Å². The van der Waals surface area contributed by atoms with Crippen molar-refractivity contribution < 1.29 is 5.11 Å². The summed E-state index contributed by atoms with van der Waals surface area (Å²) in [6.45, 7) is 0. The summed E-state index contributed by atoms with van der Waals surface area (Å²) in [5.74, 6) is 5.65. The van der Waals surface area contributed by atoms with Crippen LogP contribution in [0.4, 0.5) is 0 Å². The third kappa shape index (κ3) is 1.05. The lowest BCUT2D eigenvalue weighted by Crippen LogP contribution is -2.01. The molecule has 0 aliphatic heterocycles. The first-order valence-corrected chi connectivity index (χ1v) is 5.02. The lowest BCUT2D eigenvalue weighted by molar-refractivity contribution is 0.475. The van der Waals surface area contributed by atoms with Crippen molar-refractivity contribution in [2.45, 2.75) is 0 Å². The van der Waals surface area contributed by atoms with Crippen LogP contribution in [-0.2, 0) is 0 Å². The molecule has 3 heteroatoms. The Kier molecular flexibility index (Phi) is 1.74. The minimum absolute atomic E-state index is 0.229. The second kappa shape index (κ2) is 3.10. The Balaban J connectivity index is 2.39. The molecule has 1 aliphatic carbocycles. The van der Waals surface area contributed by atoms with Crippen LogP contribution in [-0.4, -0.2) is 10.8 Å². The molecule has 2 aromatic carbocycles. The van der Waals surface area contributed by atoms with Crippen molar-refractivity contribution in [3.8, 4) is 16.9 Å². The van der Waals surface area contributed by atoms with Crippen molar-refractivity contribution in [3.05, 3.63) is 53.6 Å². The van der Waals surface area contributed by atoms with Crippen molar-refractivity contribution in [2.75, 3.05) is 0 Å². The number of aromatic hydroxyl groups is 1. The van der Waals surface area contributed by atoms with E-state index in [2.05, 4.69) is 5.10 Å². The van der Waals surface area contributed by atoms with Crippen molar-refractivity contribution in [1.82, 2.24) is 0 Å². The van der Waals surface area contributed by atoms with Gasteiger partial charge in [0.1, 0.15) is 5.75 Å². The Morgan fingerprint density at radius 2 is 1.56 bits per heavy atom. The van der Waals surface area contributed by atoms with Gasteiger partial charge < -0.3 is 10.9 Å². The van der Waals surface area contributed by atoms with E-state index in [0.717, 1.165) is 28.0 Å². The van der Waals surface area contributed by atoms with Gasteiger partial charge in [-0.25, -0.2) is 0 Å². The van der Waals surface area contributed by atoms with Crippen LogP contribution >= 0.6 is 0 Å². The fraction of sp³-hybridized carbons (Fsp3) is 0. The van der Waals surface area contributed by atoms with E-state index in [9.17, 15) is 5.11 Å². The second-order valence-electron chi connectivity index (χ2n) is 3.75. The van der Waals surface area contributed by atoms with Crippen molar-refractivity contribution in [1.29, 1.82) is 0 Å². The highest BCUT2D eigenvalue weighted by molar-refractivity contribution is 6.24. The van der Waals surface area contributed by atoms with Crippen LogP contribution in [0.15, 0.2) is 47.6 Å². The van der Waals surface area contributed by atoms with Crippen LogP contribution in [0, 0.1) is 0 Å². The van der Waals surface area contributed by atoms with Crippen molar-refractivity contribution in [3.63, 3.8) is 0 Å². The fourth-order valence-corrected chi connectivity index (χ4v) is 2.17. The highest BCUT2D eigenvalue weighted by atomic mass is 16.3. The molecule has 3 nitrogen and oxygen atoms in total. The zero-order valence-corrected chi connectivity index (χ0v) is 8.51. The SMILES string of the molecule is N/N=C1\c2ccccc2-c2ccc(O)cc21. The number of hydrazone groups is 1. The molecule has 0 bridgehead atoms. The van der Waals surface area contributed by atoms with Gasteiger partial charge in [-0.15, -0.1) is 0 Å². The predicted octanol–water partition coefficient (Wildman–Crippen LogP) is 2.08. The molecule has 3 rings (SSSR count). The summed E-state index contributed by atoms with van der Waals surface area (Å²) >= 11 is 0. The van der Waals surface area contributed by atoms with Gasteiger partial charge in [-0.1, -0.05) is 30.3 Å². The highest BCUT2D eigenvalue weighted by Crippen LogP contribution is 2.37. The van der Waals surface area contributed by atoms with Crippen LogP contribution in [0.25, 0.3) is 11.1 Å². The number of benzene rings is 2. The van der Waals surface area contributed by atoms with Gasteiger partial charge >= 0.3 is 0 Å². The van der Waals surface area contributed by atoms with E-state index < -0.39 is 0 Å². The van der Waals surface area contributed by atoms with Gasteiger partial charge in [-0.05, 0) is 23.3 Å². The fourth-order valence-electron chi connectivity index (χ4n) is 2.17. The third-order valence-electron chi connectivity index (χ3n) is 2.86. The summed E-state index contributed by atoms with van der Waals surface area (Å²) < 4.78 is 0. The van der Waals surface area contributed by atoms with Gasteiger partial charge in [0.25, 0.3) is 0 Å². The summed E-state index contributed by atoms with van der Waals surface area (Å²) in [6, 6.07) is 13.2. The van der Waals surface area contributed by atoms with Crippen molar-refractivity contribution >= 4 is 5.71 Å². The summed E-state index contributed by atoms with van der Waals surface area (Å²) in [7, 11) is 0. The molecule has 78 valence electrons. The summed E-state index contributed by atoms with van der Waals surface area (Å²) in [4.78, 5) is 0. The van der Waals surface area contributed by atoms with Crippen molar-refractivity contribution in [2.24, 2.45) is 10.9 Å². The maximum Gasteiger partial charge on any atom is 0.116 e. The highest BCUT2D eigenvalue weighted by Gasteiger charge is 2.24. The molecule has 0 heterocycles. The van der Waals surface area contributed by atoms with E-state index in [1.165, 1.54) is 0 Å². The summed E-state index contributed by atoms with van der Waals surface area (Å²) in [6.07, 6.45) is 0. The van der Waals surface area contributed by atoms with Gasteiger partial charge in [-0.3, -0.25) is 0 Å². The number of nitrogens with two attached hydrogens (primary N) is 1. The molecule has 0 atom stereocenters. The Morgan fingerprint density at radius 1 is 0.875 bits per heavy atom. The molecular formula is C13H10N2O. The van der Waals surface area contributed by atoms with E-state index in [1.54, 1.807) is 12.1 Å². The maximum atomic E-state index is 9.49. The minimum atomic E-state index is 0.229. The number of phenols is 1. The first-order valence-electron chi connectivity index (χ1n) is 5.02. The first kappa shape index (κ1) is 8.97. The zero-order chi connectivity index (χ0) is 11.1. The number of fused-ring (bicyclic) bond motifs is 3. The molecule has 0 unspecified atom stereocenters. The molecule has 0 spiro atoms. The molecule has 0 saturated carbocycles. The molecule has 1 aliphatic rings. The number of hydrogen-bond donors (Lipinski definition) is 2. The Bertz CT molecular complexity index is 603. The van der Waals surface area contributed by atoms with Crippen LogP contribution in [0.3, 0.4) is 0 Å². The molecular weight excluding hydrogens is 200 g/mol. The Labute approximate surface area is 92.8 Å². The molecule has 0 saturated heterocycles. The molecule has 0 radical (unpaired) electrons. The number of phenolic OH excluding ortho intramolecular Hbond substituents is 1. The van der Waals surface area contributed by atoms with Gasteiger partial charge in [0.05, 0.1) is 5.71 Å². The molecule has 16 heavy (non-hydrogen) atoms. The lowest BCUT2D eigenvalue weighted by atomic mass is 10.1. The number of rotatable bonds is 0. The second-order valence-corrected chi connectivity index (χ2v) is 3.75. The molecule has 0 fully saturated rings.